The second-order valence-electron chi connectivity index (χ2n) is 7.15. The van der Waals surface area contributed by atoms with E-state index in [1.54, 1.807) is 6.92 Å². The quantitative estimate of drug-likeness (QED) is 0.181. The van der Waals surface area contributed by atoms with Gasteiger partial charge < -0.3 is 14.7 Å². The van der Waals surface area contributed by atoms with Gasteiger partial charge in [-0.2, -0.15) is 0 Å². The van der Waals surface area contributed by atoms with Crippen LogP contribution in [0.25, 0.3) is 5.76 Å². The van der Waals surface area contributed by atoms with Crippen LogP contribution < -0.4 is 0 Å². The fourth-order valence-electron chi connectivity index (χ4n) is 3.51. The van der Waals surface area contributed by atoms with Gasteiger partial charge in [0, 0.05) is 38.0 Å². The molecule has 0 aliphatic carbocycles. The number of aryl methyl sites for hydroxylation is 1. The molecule has 0 saturated carbocycles. The molecule has 2 aromatic rings. The summed E-state index contributed by atoms with van der Waals surface area (Å²) in [5.74, 6) is -2.78. The molecule has 0 spiro atoms. The molecule has 162 valence electrons. The Morgan fingerprint density at radius 1 is 1.23 bits per heavy atom. The van der Waals surface area contributed by atoms with Crippen LogP contribution in [0, 0.1) is 22.9 Å². The first-order valence-corrected chi connectivity index (χ1v) is 9.54. The van der Waals surface area contributed by atoms with Gasteiger partial charge in [-0.05, 0) is 42.7 Å². The van der Waals surface area contributed by atoms with E-state index < -0.39 is 34.2 Å². The molecular formula is C22H21FN2O6. The fourth-order valence-corrected chi connectivity index (χ4v) is 3.51. The second-order valence-corrected chi connectivity index (χ2v) is 7.15. The highest BCUT2D eigenvalue weighted by molar-refractivity contribution is 6.46. The minimum atomic E-state index is -0.970. The number of likely N-dealkylation sites (tertiary alicyclic amines) is 1. The van der Waals surface area contributed by atoms with Gasteiger partial charge in [-0.25, -0.2) is 4.39 Å². The van der Waals surface area contributed by atoms with Crippen molar-refractivity contribution in [3.05, 3.63) is 80.7 Å². The summed E-state index contributed by atoms with van der Waals surface area (Å²) >= 11 is 0. The SMILES string of the molecule is COCCCN1C(=O)C(=O)C(=C(O)c2ccc(C)c(F)c2)C1c1ccc([N+](=O)[O-])cc1. The lowest BCUT2D eigenvalue weighted by molar-refractivity contribution is -0.384. The summed E-state index contributed by atoms with van der Waals surface area (Å²) in [7, 11) is 1.51. The van der Waals surface area contributed by atoms with Crippen LogP contribution in [0.2, 0.25) is 0 Å². The molecule has 1 aliphatic rings. The number of hydrogen-bond donors (Lipinski definition) is 1. The molecule has 0 bridgehead atoms. The smallest absolute Gasteiger partial charge is 0.295 e. The van der Waals surface area contributed by atoms with Crippen LogP contribution in [0.15, 0.2) is 48.0 Å². The second kappa shape index (κ2) is 9.05. The summed E-state index contributed by atoms with van der Waals surface area (Å²) in [4.78, 5) is 37.3. The molecule has 1 unspecified atom stereocenters. The number of nitro groups is 1. The maximum atomic E-state index is 14.0. The van der Waals surface area contributed by atoms with E-state index in [2.05, 4.69) is 0 Å². The number of benzene rings is 2. The Morgan fingerprint density at radius 3 is 2.48 bits per heavy atom. The summed E-state index contributed by atoms with van der Waals surface area (Å²) in [6.07, 6.45) is 0.437. The zero-order valence-electron chi connectivity index (χ0n) is 17.0. The number of aliphatic hydroxyl groups excluding tert-OH is 1. The molecule has 1 atom stereocenters. The maximum Gasteiger partial charge on any atom is 0.295 e. The van der Waals surface area contributed by atoms with E-state index in [0.29, 0.717) is 24.2 Å². The number of Topliss-reactive ketones (excluding diaryl/α,β-unsaturated/α-hetero) is 1. The van der Waals surface area contributed by atoms with Crippen molar-refractivity contribution in [2.45, 2.75) is 19.4 Å². The van der Waals surface area contributed by atoms with Crippen molar-refractivity contribution in [3.8, 4) is 0 Å². The number of non-ortho nitro benzene ring substituents is 1. The fraction of sp³-hybridized carbons (Fsp3) is 0.273. The number of nitrogens with zero attached hydrogens (tertiary/aromatic N) is 2. The van der Waals surface area contributed by atoms with Crippen LogP contribution in [0.3, 0.4) is 0 Å². The minimum Gasteiger partial charge on any atom is -0.507 e. The molecular weight excluding hydrogens is 407 g/mol. The monoisotopic (exact) mass is 428 g/mol. The Kier molecular flexibility index (Phi) is 6.45. The minimum absolute atomic E-state index is 0.0601. The number of aliphatic hydroxyl groups is 1. The van der Waals surface area contributed by atoms with E-state index in [1.807, 2.05) is 0 Å². The Bertz CT molecular complexity index is 1060. The van der Waals surface area contributed by atoms with Crippen LogP contribution in [-0.4, -0.2) is 46.9 Å². The Morgan fingerprint density at radius 2 is 1.90 bits per heavy atom. The third-order valence-corrected chi connectivity index (χ3v) is 5.15. The van der Waals surface area contributed by atoms with Crippen LogP contribution in [0.4, 0.5) is 10.1 Å². The van der Waals surface area contributed by atoms with Gasteiger partial charge >= 0.3 is 0 Å². The van der Waals surface area contributed by atoms with Crippen molar-refractivity contribution in [1.82, 2.24) is 4.90 Å². The van der Waals surface area contributed by atoms with Crippen molar-refractivity contribution < 1.29 is 28.7 Å². The molecule has 0 radical (unpaired) electrons. The summed E-state index contributed by atoms with van der Waals surface area (Å²) in [6.45, 7) is 2.07. The van der Waals surface area contributed by atoms with Gasteiger partial charge in [0.1, 0.15) is 11.6 Å². The van der Waals surface area contributed by atoms with Crippen molar-refractivity contribution in [1.29, 1.82) is 0 Å². The predicted molar refractivity (Wildman–Crippen MR) is 110 cm³/mol. The molecule has 3 rings (SSSR count). The van der Waals surface area contributed by atoms with Crippen LogP contribution in [0.1, 0.15) is 29.2 Å². The van der Waals surface area contributed by atoms with Gasteiger partial charge in [-0.3, -0.25) is 19.7 Å². The number of ketones is 1. The number of methoxy groups -OCH3 is 1. The summed E-state index contributed by atoms with van der Waals surface area (Å²) in [5.41, 5.74) is 0.491. The number of carbonyl (C=O) groups excluding carboxylic acids is 2. The molecule has 31 heavy (non-hydrogen) atoms. The molecule has 1 fully saturated rings. The van der Waals surface area contributed by atoms with E-state index in [1.165, 1.54) is 48.4 Å². The molecule has 1 N–H and O–H groups in total. The number of halogens is 1. The molecule has 0 aromatic heterocycles. The maximum absolute atomic E-state index is 14.0. The van der Waals surface area contributed by atoms with Crippen molar-refractivity contribution in [2.75, 3.05) is 20.3 Å². The highest BCUT2D eigenvalue weighted by atomic mass is 19.1. The normalized spacial score (nSPS) is 17.9. The van der Waals surface area contributed by atoms with Gasteiger partial charge in [0.25, 0.3) is 17.4 Å². The molecule has 1 saturated heterocycles. The lowest BCUT2D eigenvalue weighted by atomic mass is 9.94. The highest BCUT2D eigenvalue weighted by Crippen LogP contribution is 2.40. The van der Waals surface area contributed by atoms with E-state index in [4.69, 9.17) is 4.74 Å². The average Bonchev–Trinajstić information content (AvgIpc) is 3.00. The number of amides is 1. The lowest BCUT2D eigenvalue weighted by Crippen LogP contribution is -2.31. The van der Waals surface area contributed by atoms with Crippen molar-refractivity contribution in [2.24, 2.45) is 0 Å². The largest absolute Gasteiger partial charge is 0.507 e. The Hall–Kier alpha value is -3.59. The predicted octanol–water partition coefficient (Wildman–Crippen LogP) is 3.50. The first-order chi connectivity index (χ1) is 14.8. The number of nitro benzene ring substituents is 1. The van der Waals surface area contributed by atoms with Gasteiger partial charge in [0.2, 0.25) is 0 Å². The van der Waals surface area contributed by atoms with Crippen molar-refractivity contribution in [3.63, 3.8) is 0 Å². The number of hydrogen-bond acceptors (Lipinski definition) is 6. The standard InChI is InChI=1S/C22H21FN2O6/c1-13-4-5-15(12-17(13)23)20(26)18-19(14-6-8-16(9-7-14)25(29)30)24(10-3-11-31-2)22(28)21(18)27/h4-9,12,19,26H,3,10-11H2,1-2H3. The summed E-state index contributed by atoms with van der Waals surface area (Å²) in [5, 5.41) is 21.8. The van der Waals surface area contributed by atoms with Gasteiger partial charge in [-0.1, -0.05) is 12.1 Å². The lowest BCUT2D eigenvalue weighted by Gasteiger charge is -2.25. The number of carbonyl (C=O) groups is 2. The van der Waals surface area contributed by atoms with E-state index in [0.717, 1.165) is 6.07 Å². The average molecular weight is 428 g/mol. The summed E-state index contributed by atoms with van der Waals surface area (Å²) in [6, 6.07) is 8.42. The third-order valence-electron chi connectivity index (χ3n) is 5.15. The zero-order valence-corrected chi connectivity index (χ0v) is 17.0. The Labute approximate surface area is 177 Å². The Balaban J connectivity index is 2.13. The molecule has 8 nitrogen and oxygen atoms in total. The van der Waals surface area contributed by atoms with E-state index >= 15 is 0 Å². The van der Waals surface area contributed by atoms with E-state index in [9.17, 15) is 29.2 Å². The molecule has 2 aromatic carbocycles. The zero-order chi connectivity index (χ0) is 22.7. The van der Waals surface area contributed by atoms with Crippen LogP contribution in [0.5, 0.6) is 0 Å². The molecule has 1 heterocycles. The number of ether oxygens (including phenoxy) is 1. The third kappa shape index (κ3) is 4.31. The van der Waals surface area contributed by atoms with Crippen LogP contribution in [-0.2, 0) is 14.3 Å². The summed E-state index contributed by atoms with van der Waals surface area (Å²) < 4.78 is 19.1. The highest BCUT2D eigenvalue weighted by Gasteiger charge is 2.45. The van der Waals surface area contributed by atoms with Crippen molar-refractivity contribution >= 4 is 23.1 Å². The molecule has 1 amide bonds. The molecule has 1 aliphatic heterocycles. The first kappa shape index (κ1) is 22.1. The van der Waals surface area contributed by atoms with Gasteiger partial charge in [0.15, 0.2) is 0 Å². The molecule has 9 heteroatoms. The van der Waals surface area contributed by atoms with Gasteiger partial charge in [-0.15, -0.1) is 0 Å². The van der Waals surface area contributed by atoms with Gasteiger partial charge in [0.05, 0.1) is 16.5 Å². The van der Waals surface area contributed by atoms with E-state index in [-0.39, 0.29) is 23.4 Å². The number of rotatable bonds is 7. The van der Waals surface area contributed by atoms with Crippen LogP contribution >= 0.6 is 0 Å². The first-order valence-electron chi connectivity index (χ1n) is 9.54. The topological polar surface area (TPSA) is 110 Å².